The van der Waals surface area contributed by atoms with E-state index < -0.39 is 5.82 Å². The highest BCUT2D eigenvalue weighted by molar-refractivity contribution is 9.10. The van der Waals surface area contributed by atoms with Crippen molar-refractivity contribution >= 4 is 45.2 Å². The number of morpholine rings is 1. The highest BCUT2D eigenvalue weighted by Crippen LogP contribution is 2.19. The van der Waals surface area contributed by atoms with Gasteiger partial charge >= 0.3 is 0 Å². The van der Waals surface area contributed by atoms with E-state index in [2.05, 4.69) is 21.2 Å². The van der Waals surface area contributed by atoms with Gasteiger partial charge in [-0.1, -0.05) is 15.9 Å². The molecule has 0 aliphatic carbocycles. The third kappa shape index (κ3) is 5.26. The van der Waals surface area contributed by atoms with E-state index in [0.717, 1.165) is 0 Å². The zero-order chi connectivity index (χ0) is 15.9. The van der Waals surface area contributed by atoms with Crippen LogP contribution in [0.5, 0.6) is 0 Å². The summed E-state index contributed by atoms with van der Waals surface area (Å²) in [6, 6.07) is 4.42. The number of halogens is 2. The van der Waals surface area contributed by atoms with E-state index in [1.807, 2.05) is 0 Å². The Bertz CT molecular complexity index is 553. The molecule has 0 aromatic heterocycles. The lowest BCUT2D eigenvalue weighted by atomic mass is 10.3. The summed E-state index contributed by atoms with van der Waals surface area (Å²) >= 11 is 4.37. The first kappa shape index (κ1) is 17.2. The van der Waals surface area contributed by atoms with Gasteiger partial charge in [-0.15, -0.1) is 11.8 Å². The van der Waals surface area contributed by atoms with E-state index in [4.69, 9.17) is 4.74 Å². The molecule has 1 saturated heterocycles. The molecular formula is C14H16BrFN2O3S. The van der Waals surface area contributed by atoms with E-state index >= 15 is 0 Å². The average molecular weight is 391 g/mol. The topological polar surface area (TPSA) is 58.6 Å². The van der Waals surface area contributed by atoms with Crippen molar-refractivity contribution in [2.75, 3.05) is 43.1 Å². The second-order valence-electron chi connectivity index (χ2n) is 4.66. The fourth-order valence-electron chi connectivity index (χ4n) is 1.91. The summed E-state index contributed by atoms with van der Waals surface area (Å²) in [6.07, 6.45) is 0. The van der Waals surface area contributed by atoms with Gasteiger partial charge in [0, 0.05) is 17.6 Å². The molecule has 2 rings (SSSR count). The fourth-order valence-corrected chi connectivity index (χ4v) is 2.96. The van der Waals surface area contributed by atoms with Gasteiger partial charge in [0.15, 0.2) is 0 Å². The first-order valence-corrected chi connectivity index (χ1v) is 8.69. The van der Waals surface area contributed by atoms with Crippen LogP contribution in [-0.4, -0.2) is 54.5 Å². The first-order valence-electron chi connectivity index (χ1n) is 6.74. The molecule has 22 heavy (non-hydrogen) atoms. The molecule has 120 valence electrons. The highest BCUT2D eigenvalue weighted by atomic mass is 79.9. The van der Waals surface area contributed by atoms with Crippen molar-refractivity contribution in [3.8, 4) is 0 Å². The molecule has 1 fully saturated rings. The van der Waals surface area contributed by atoms with Crippen LogP contribution in [0.2, 0.25) is 0 Å². The minimum atomic E-state index is -0.503. The number of nitrogens with zero attached hydrogens (tertiary/aromatic N) is 1. The van der Waals surface area contributed by atoms with Gasteiger partial charge in [0.05, 0.1) is 30.4 Å². The Hall–Kier alpha value is -1.12. The third-order valence-electron chi connectivity index (χ3n) is 3.03. The van der Waals surface area contributed by atoms with E-state index in [1.54, 1.807) is 11.0 Å². The lowest BCUT2D eigenvalue weighted by Crippen LogP contribution is -2.41. The van der Waals surface area contributed by atoms with Gasteiger partial charge in [-0.05, 0) is 18.2 Å². The summed E-state index contributed by atoms with van der Waals surface area (Å²) in [5.74, 6) is -0.504. The summed E-state index contributed by atoms with van der Waals surface area (Å²) in [7, 11) is 0. The van der Waals surface area contributed by atoms with Crippen molar-refractivity contribution in [3.63, 3.8) is 0 Å². The Morgan fingerprint density at radius 3 is 2.73 bits per heavy atom. The number of thioether (sulfide) groups is 1. The standard InChI is InChI=1S/C14H16BrFN2O3S/c15-10-1-2-12(11(16)7-10)17-13(19)8-22-9-14(20)18-3-5-21-6-4-18/h1-2,7H,3-6,8-9H2,(H,17,19). The van der Waals surface area contributed by atoms with Gasteiger partial charge in [0.2, 0.25) is 11.8 Å². The van der Waals surface area contributed by atoms with Crippen molar-refractivity contribution in [2.24, 2.45) is 0 Å². The van der Waals surface area contributed by atoms with Crippen molar-refractivity contribution < 1.29 is 18.7 Å². The predicted octanol–water partition coefficient (Wildman–Crippen LogP) is 2.12. The normalized spacial score (nSPS) is 14.7. The molecule has 0 spiro atoms. The van der Waals surface area contributed by atoms with Crippen LogP contribution >= 0.6 is 27.7 Å². The molecule has 0 bridgehead atoms. The molecule has 1 aromatic carbocycles. The first-order chi connectivity index (χ1) is 10.6. The highest BCUT2D eigenvalue weighted by Gasteiger charge is 2.17. The van der Waals surface area contributed by atoms with E-state index in [9.17, 15) is 14.0 Å². The Kier molecular flexibility index (Phi) is 6.66. The number of rotatable bonds is 5. The summed E-state index contributed by atoms with van der Waals surface area (Å²) in [6.45, 7) is 2.30. The molecule has 1 heterocycles. The largest absolute Gasteiger partial charge is 0.378 e. The molecule has 8 heteroatoms. The number of anilines is 1. The minimum absolute atomic E-state index is 0.00378. The van der Waals surface area contributed by atoms with Crippen LogP contribution in [-0.2, 0) is 14.3 Å². The van der Waals surface area contributed by atoms with Gasteiger partial charge in [0.25, 0.3) is 0 Å². The van der Waals surface area contributed by atoms with Gasteiger partial charge in [-0.3, -0.25) is 9.59 Å². The zero-order valence-electron chi connectivity index (χ0n) is 11.8. The number of carbonyl (C=O) groups is 2. The van der Waals surface area contributed by atoms with Crippen LogP contribution in [0.4, 0.5) is 10.1 Å². The van der Waals surface area contributed by atoms with E-state index in [0.29, 0.717) is 30.8 Å². The molecule has 2 amide bonds. The molecule has 1 N–H and O–H groups in total. The summed E-state index contributed by atoms with van der Waals surface area (Å²) < 4.78 is 19.4. The number of nitrogens with one attached hydrogen (secondary N) is 1. The second kappa shape index (κ2) is 8.50. The molecule has 0 saturated carbocycles. The molecule has 0 unspecified atom stereocenters. The number of carbonyl (C=O) groups excluding carboxylic acids is 2. The van der Waals surface area contributed by atoms with Crippen molar-refractivity contribution in [3.05, 3.63) is 28.5 Å². The SMILES string of the molecule is O=C(CSCC(=O)N1CCOCC1)Nc1ccc(Br)cc1F. The molecule has 0 atom stereocenters. The Labute approximate surface area is 140 Å². The minimum Gasteiger partial charge on any atom is -0.378 e. The maximum atomic E-state index is 13.6. The van der Waals surface area contributed by atoms with Crippen molar-refractivity contribution in [1.29, 1.82) is 0 Å². The van der Waals surface area contributed by atoms with Crippen LogP contribution in [0.25, 0.3) is 0 Å². The summed E-state index contributed by atoms with van der Waals surface area (Å²) in [5.41, 5.74) is 0.133. The predicted molar refractivity (Wildman–Crippen MR) is 87.5 cm³/mol. The number of ether oxygens (including phenoxy) is 1. The van der Waals surface area contributed by atoms with E-state index in [1.165, 1.54) is 23.9 Å². The van der Waals surface area contributed by atoms with Crippen LogP contribution in [0.15, 0.2) is 22.7 Å². The number of amides is 2. The average Bonchev–Trinajstić information content (AvgIpc) is 2.51. The van der Waals surface area contributed by atoms with Gasteiger partial charge in [0.1, 0.15) is 5.82 Å². The summed E-state index contributed by atoms with van der Waals surface area (Å²) in [5, 5.41) is 2.49. The number of hydrogen-bond acceptors (Lipinski definition) is 4. The quantitative estimate of drug-likeness (QED) is 0.836. The van der Waals surface area contributed by atoms with Crippen LogP contribution in [0.1, 0.15) is 0 Å². The lowest BCUT2D eigenvalue weighted by Gasteiger charge is -2.26. The Balaban J connectivity index is 1.72. The number of hydrogen-bond donors (Lipinski definition) is 1. The monoisotopic (exact) mass is 390 g/mol. The van der Waals surface area contributed by atoms with Crippen molar-refractivity contribution in [1.82, 2.24) is 4.90 Å². The molecule has 1 aliphatic rings. The summed E-state index contributed by atoms with van der Waals surface area (Å²) in [4.78, 5) is 25.4. The maximum Gasteiger partial charge on any atom is 0.234 e. The molecule has 5 nitrogen and oxygen atoms in total. The zero-order valence-corrected chi connectivity index (χ0v) is 14.2. The van der Waals surface area contributed by atoms with Crippen LogP contribution in [0, 0.1) is 5.82 Å². The van der Waals surface area contributed by atoms with Crippen LogP contribution < -0.4 is 5.32 Å². The smallest absolute Gasteiger partial charge is 0.234 e. The Morgan fingerprint density at radius 2 is 2.05 bits per heavy atom. The van der Waals surface area contributed by atoms with Gasteiger partial charge < -0.3 is 15.0 Å². The van der Waals surface area contributed by atoms with E-state index in [-0.39, 0.29) is 29.0 Å². The lowest BCUT2D eigenvalue weighted by molar-refractivity contribution is -0.132. The molecular weight excluding hydrogens is 375 g/mol. The molecule has 1 aliphatic heterocycles. The number of benzene rings is 1. The van der Waals surface area contributed by atoms with Crippen LogP contribution in [0.3, 0.4) is 0 Å². The van der Waals surface area contributed by atoms with Gasteiger partial charge in [-0.2, -0.15) is 0 Å². The fraction of sp³-hybridized carbons (Fsp3) is 0.429. The third-order valence-corrected chi connectivity index (χ3v) is 4.44. The van der Waals surface area contributed by atoms with Crippen molar-refractivity contribution in [2.45, 2.75) is 0 Å². The Morgan fingerprint density at radius 1 is 1.32 bits per heavy atom. The van der Waals surface area contributed by atoms with Gasteiger partial charge in [-0.25, -0.2) is 4.39 Å². The molecule has 1 aromatic rings. The second-order valence-corrected chi connectivity index (χ2v) is 6.56. The maximum absolute atomic E-state index is 13.6. The molecule has 0 radical (unpaired) electrons.